The van der Waals surface area contributed by atoms with Gasteiger partial charge in [0, 0.05) is 23.0 Å². The first-order chi connectivity index (χ1) is 10.9. The lowest BCUT2D eigenvalue weighted by Gasteiger charge is -2.02. The van der Waals surface area contributed by atoms with Crippen molar-refractivity contribution in [2.75, 3.05) is 0 Å². The van der Waals surface area contributed by atoms with Gasteiger partial charge in [0.15, 0.2) is 0 Å². The maximum atomic E-state index is 6.06. The molecule has 0 saturated heterocycles. The summed E-state index contributed by atoms with van der Waals surface area (Å²) in [7, 11) is 0. The normalized spacial score (nSPS) is 11.6. The fourth-order valence-corrected chi connectivity index (χ4v) is 3.10. The lowest BCUT2D eigenvalue weighted by molar-refractivity contribution is 0.590. The average Bonchev–Trinajstić information content (AvgIpc) is 3.13. The summed E-state index contributed by atoms with van der Waals surface area (Å²) in [6, 6.07) is 22.5. The van der Waals surface area contributed by atoms with Crippen molar-refractivity contribution in [2.45, 2.75) is 0 Å². The van der Waals surface area contributed by atoms with E-state index in [1.807, 2.05) is 42.6 Å². The van der Waals surface area contributed by atoms with E-state index < -0.39 is 0 Å². The summed E-state index contributed by atoms with van der Waals surface area (Å²) in [4.78, 5) is 4.55. The molecule has 5 aromatic rings. The second-order valence-corrected chi connectivity index (χ2v) is 5.35. The van der Waals surface area contributed by atoms with Gasteiger partial charge in [0.25, 0.3) is 0 Å². The topological polar surface area (TPSA) is 31.0 Å². The van der Waals surface area contributed by atoms with Gasteiger partial charge in [-0.2, -0.15) is 0 Å². The van der Waals surface area contributed by atoms with Gasteiger partial charge in [-0.1, -0.05) is 36.4 Å². The van der Waals surface area contributed by atoms with Crippen LogP contribution in [0, 0.1) is 0 Å². The number of furan rings is 1. The summed E-state index contributed by atoms with van der Waals surface area (Å²) in [5.74, 6) is 0.820. The first-order valence-electron chi connectivity index (χ1n) is 7.25. The Balaban J connectivity index is 1.96. The summed E-state index contributed by atoms with van der Waals surface area (Å²) in [6.45, 7) is 0. The summed E-state index contributed by atoms with van der Waals surface area (Å²) < 4.78 is 8.20. The Morgan fingerprint density at radius 2 is 1.64 bits per heavy atom. The van der Waals surface area contributed by atoms with Crippen molar-refractivity contribution in [1.29, 1.82) is 0 Å². The minimum absolute atomic E-state index is 0.820. The third-order valence-electron chi connectivity index (χ3n) is 4.06. The molecule has 3 heteroatoms. The maximum absolute atomic E-state index is 6.06. The number of hydrogen-bond donors (Lipinski definition) is 0. The summed E-state index contributed by atoms with van der Waals surface area (Å²) >= 11 is 0. The van der Waals surface area contributed by atoms with E-state index in [1.165, 1.54) is 0 Å². The van der Waals surface area contributed by atoms with E-state index in [-0.39, 0.29) is 0 Å². The average molecular weight is 284 g/mol. The Bertz CT molecular complexity index is 1050. The van der Waals surface area contributed by atoms with Crippen LogP contribution in [-0.4, -0.2) is 9.55 Å². The molecule has 5 rings (SSSR count). The molecule has 0 atom stereocenters. The zero-order valence-corrected chi connectivity index (χ0v) is 11.7. The van der Waals surface area contributed by atoms with E-state index in [0.29, 0.717) is 0 Å². The SMILES string of the molecule is c1ccc2oc(-n3c4ccccc4c4ncccc43)cc2c1. The highest BCUT2D eigenvalue weighted by Crippen LogP contribution is 2.32. The zero-order chi connectivity index (χ0) is 14.5. The Morgan fingerprint density at radius 3 is 2.59 bits per heavy atom. The molecule has 0 bridgehead atoms. The molecule has 22 heavy (non-hydrogen) atoms. The van der Waals surface area contributed by atoms with Gasteiger partial charge >= 0.3 is 0 Å². The second kappa shape index (κ2) is 4.21. The van der Waals surface area contributed by atoms with Crippen LogP contribution >= 0.6 is 0 Å². The Morgan fingerprint density at radius 1 is 0.818 bits per heavy atom. The molecule has 0 aliphatic carbocycles. The van der Waals surface area contributed by atoms with Crippen LogP contribution < -0.4 is 0 Å². The quantitative estimate of drug-likeness (QED) is 0.437. The summed E-state index contributed by atoms with van der Waals surface area (Å²) in [5.41, 5.74) is 4.06. The monoisotopic (exact) mass is 284 g/mol. The van der Waals surface area contributed by atoms with Crippen LogP contribution in [0.4, 0.5) is 0 Å². The molecule has 0 aliphatic heterocycles. The molecule has 0 aliphatic rings. The fraction of sp³-hybridized carbons (Fsp3) is 0. The first-order valence-corrected chi connectivity index (χ1v) is 7.25. The Hall–Kier alpha value is -3.07. The van der Waals surface area contributed by atoms with Gasteiger partial charge in [0.1, 0.15) is 5.58 Å². The van der Waals surface area contributed by atoms with E-state index in [0.717, 1.165) is 38.8 Å². The van der Waals surface area contributed by atoms with Crippen LogP contribution in [-0.2, 0) is 0 Å². The molecule has 104 valence electrons. The van der Waals surface area contributed by atoms with E-state index in [9.17, 15) is 0 Å². The van der Waals surface area contributed by atoms with Gasteiger partial charge in [0.05, 0.1) is 16.6 Å². The number of pyridine rings is 1. The van der Waals surface area contributed by atoms with Crippen molar-refractivity contribution in [3.8, 4) is 5.88 Å². The number of hydrogen-bond acceptors (Lipinski definition) is 2. The van der Waals surface area contributed by atoms with Gasteiger partial charge < -0.3 is 4.42 Å². The van der Waals surface area contributed by atoms with Gasteiger partial charge in [-0.15, -0.1) is 0 Å². The number of benzene rings is 2. The molecule has 0 saturated carbocycles. The number of fused-ring (bicyclic) bond motifs is 4. The Labute approximate surface area is 126 Å². The van der Waals surface area contributed by atoms with Crippen molar-refractivity contribution in [1.82, 2.24) is 9.55 Å². The van der Waals surface area contributed by atoms with Crippen molar-refractivity contribution in [3.63, 3.8) is 0 Å². The van der Waals surface area contributed by atoms with E-state index >= 15 is 0 Å². The van der Waals surface area contributed by atoms with E-state index in [1.54, 1.807) is 0 Å². The molecule has 3 aromatic heterocycles. The minimum Gasteiger partial charge on any atom is -0.440 e. The highest BCUT2D eigenvalue weighted by molar-refractivity contribution is 6.06. The lowest BCUT2D eigenvalue weighted by atomic mass is 10.2. The van der Waals surface area contributed by atoms with Crippen LogP contribution in [0.25, 0.3) is 38.8 Å². The standard InChI is InChI=1S/C19H12N2O/c1-4-10-17-13(6-1)12-18(22-17)21-15-8-3-2-7-14(15)19-16(21)9-5-11-20-19/h1-12H. The molecule has 0 radical (unpaired) electrons. The predicted molar refractivity (Wildman–Crippen MR) is 88.3 cm³/mol. The van der Waals surface area contributed by atoms with Crippen LogP contribution in [0.1, 0.15) is 0 Å². The van der Waals surface area contributed by atoms with E-state index in [4.69, 9.17) is 4.42 Å². The smallest absolute Gasteiger partial charge is 0.205 e. The first kappa shape index (κ1) is 11.6. The molecule has 3 nitrogen and oxygen atoms in total. The molecule has 3 heterocycles. The second-order valence-electron chi connectivity index (χ2n) is 5.35. The van der Waals surface area contributed by atoms with E-state index in [2.05, 4.69) is 39.9 Å². The molecule has 0 amide bonds. The van der Waals surface area contributed by atoms with Crippen LogP contribution in [0.5, 0.6) is 0 Å². The van der Waals surface area contributed by atoms with Crippen molar-refractivity contribution in [3.05, 3.63) is 72.9 Å². The van der Waals surface area contributed by atoms with Crippen LogP contribution in [0.2, 0.25) is 0 Å². The van der Waals surface area contributed by atoms with Crippen molar-refractivity contribution >= 4 is 32.9 Å². The van der Waals surface area contributed by atoms with Gasteiger partial charge in [-0.05, 0) is 24.3 Å². The van der Waals surface area contributed by atoms with Crippen molar-refractivity contribution < 1.29 is 4.42 Å². The van der Waals surface area contributed by atoms with Gasteiger partial charge in [-0.25, -0.2) is 0 Å². The molecule has 0 spiro atoms. The fourth-order valence-electron chi connectivity index (χ4n) is 3.10. The maximum Gasteiger partial charge on any atom is 0.205 e. The zero-order valence-electron chi connectivity index (χ0n) is 11.7. The molecule has 0 unspecified atom stereocenters. The van der Waals surface area contributed by atoms with Crippen molar-refractivity contribution in [2.24, 2.45) is 0 Å². The summed E-state index contributed by atoms with van der Waals surface area (Å²) in [6.07, 6.45) is 1.83. The predicted octanol–water partition coefficient (Wildman–Crippen LogP) is 4.92. The van der Waals surface area contributed by atoms with Crippen LogP contribution in [0.3, 0.4) is 0 Å². The lowest BCUT2D eigenvalue weighted by Crippen LogP contribution is -1.90. The molecule has 0 fully saturated rings. The highest BCUT2D eigenvalue weighted by atomic mass is 16.4. The molecular weight excluding hydrogens is 272 g/mol. The number of aromatic nitrogens is 2. The van der Waals surface area contributed by atoms with Gasteiger partial charge in [-0.3, -0.25) is 9.55 Å². The largest absolute Gasteiger partial charge is 0.440 e. The minimum atomic E-state index is 0.820. The Kier molecular flexibility index (Phi) is 2.22. The number of para-hydroxylation sites is 2. The third-order valence-corrected chi connectivity index (χ3v) is 4.06. The molecule has 0 N–H and O–H groups in total. The number of rotatable bonds is 1. The third kappa shape index (κ3) is 1.48. The summed E-state index contributed by atoms with van der Waals surface area (Å²) in [5, 5.41) is 2.24. The van der Waals surface area contributed by atoms with Gasteiger partial charge in [0.2, 0.25) is 5.88 Å². The molecule has 2 aromatic carbocycles. The number of nitrogens with zero attached hydrogens (tertiary/aromatic N) is 2. The van der Waals surface area contributed by atoms with Crippen LogP contribution in [0.15, 0.2) is 77.3 Å². The molecular formula is C19H12N2O. The highest BCUT2D eigenvalue weighted by Gasteiger charge is 2.15.